The van der Waals surface area contributed by atoms with Gasteiger partial charge in [-0.3, -0.25) is 14.7 Å². The normalized spacial score (nSPS) is 14.9. The van der Waals surface area contributed by atoms with Crippen LogP contribution in [0.2, 0.25) is 0 Å². The van der Waals surface area contributed by atoms with Gasteiger partial charge >= 0.3 is 0 Å². The smallest absolute Gasteiger partial charge is 0.273 e. The number of carbonyl (C=O) groups excluding carboxylic acids is 1. The van der Waals surface area contributed by atoms with Crippen molar-refractivity contribution in [1.82, 2.24) is 24.3 Å². The molecule has 0 radical (unpaired) electrons. The fraction of sp³-hybridized carbons (Fsp3) is 0.292. The number of carbonyl (C=O) groups is 1. The Bertz CT molecular complexity index is 1190. The van der Waals surface area contributed by atoms with E-state index in [1.165, 1.54) is 10.9 Å². The summed E-state index contributed by atoms with van der Waals surface area (Å²) < 4.78 is 2.26. The van der Waals surface area contributed by atoms with Crippen molar-refractivity contribution < 1.29 is 4.79 Å². The van der Waals surface area contributed by atoms with Gasteiger partial charge in [0.15, 0.2) is 0 Å². The summed E-state index contributed by atoms with van der Waals surface area (Å²) in [6.07, 6.45) is 1.83. The molecule has 3 aromatic heterocycles. The van der Waals surface area contributed by atoms with Gasteiger partial charge in [-0.05, 0) is 31.2 Å². The second-order valence-corrected chi connectivity index (χ2v) is 8.62. The Morgan fingerprint density at radius 3 is 2.65 bits per heavy atom. The van der Waals surface area contributed by atoms with E-state index in [0.29, 0.717) is 18.8 Å². The molecule has 1 aliphatic rings. The molecule has 4 heterocycles. The number of hydrogen-bond donors (Lipinski definition) is 0. The standard InChI is InChI=1S/C24H25N5OS/c1-2-29-21-9-4-3-7-18(21)15-22(29)23-26-20(17-31-23)24(30)28-13-11-27(12-14-28)16-19-8-5-6-10-25-19/h3-10,15,17H,2,11-14,16H2,1H3. The first-order chi connectivity index (χ1) is 15.2. The summed E-state index contributed by atoms with van der Waals surface area (Å²) in [5, 5.41) is 4.00. The summed E-state index contributed by atoms with van der Waals surface area (Å²) in [7, 11) is 0. The Labute approximate surface area is 185 Å². The van der Waals surface area contributed by atoms with Gasteiger partial charge in [0.1, 0.15) is 10.7 Å². The van der Waals surface area contributed by atoms with Crippen LogP contribution >= 0.6 is 11.3 Å². The first kappa shape index (κ1) is 19.9. The van der Waals surface area contributed by atoms with Crippen LogP contribution in [0, 0.1) is 0 Å². The van der Waals surface area contributed by atoms with Gasteiger partial charge in [-0.2, -0.15) is 0 Å². The molecule has 0 bridgehead atoms. The van der Waals surface area contributed by atoms with Gasteiger partial charge in [0, 0.05) is 61.7 Å². The largest absolute Gasteiger partial charge is 0.339 e. The Hall–Kier alpha value is -3.03. The molecule has 0 unspecified atom stereocenters. The lowest BCUT2D eigenvalue weighted by atomic mass is 10.2. The average molecular weight is 432 g/mol. The van der Waals surface area contributed by atoms with E-state index in [9.17, 15) is 4.79 Å². The van der Waals surface area contributed by atoms with Crippen molar-refractivity contribution in [3.63, 3.8) is 0 Å². The molecule has 5 rings (SSSR count). The number of piperazine rings is 1. The Morgan fingerprint density at radius 2 is 1.87 bits per heavy atom. The number of aryl methyl sites for hydroxylation is 1. The minimum absolute atomic E-state index is 0.0270. The van der Waals surface area contributed by atoms with Crippen LogP contribution in [0.4, 0.5) is 0 Å². The van der Waals surface area contributed by atoms with E-state index in [-0.39, 0.29) is 5.91 Å². The summed E-state index contributed by atoms with van der Waals surface area (Å²) in [5.41, 5.74) is 3.89. The predicted molar refractivity (Wildman–Crippen MR) is 124 cm³/mol. The minimum atomic E-state index is 0.0270. The number of benzene rings is 1. The highest BCUT2D eigenvalue weighted by atomic mass is 32.1. The second kappa shape index (κ2) is 8.61. The number of para-hydroxylation sites is 1. The van der Waals surface area contributed by atoms with Crippen LogP contribution in [0.3, 0.4) is 0 Å². The number of rotatable bonds is 5. The van der Waals surface area contributed by atoms with Crippen LogP contribution in [0.15, 0.2) is 60.1 Å². The van der Waals surface area contributed by atoms with Crippen LogP contribution in [0.25, 0.3) is 21.6 Å². The number of thiazole rings is 1. The summed E-state index contributed by atoms with van der Waals surface area (Å²) in [4.78, 5) is 26.5. The zero-order valence-corrected chi connectivity index (χ0v) is 18.4. The number of pyridine rings is 1. The van der Waals surface area contributed by atoms with Crippen molar-refractivity contribution in [3.05, 3.63) is 71.5 Å². The second-order valence-electron chi connectivity index (χ2n) is 7.76. The zero-order chi connectivity index (χ0) is 21.2. The van der Waals surface area contributed by atoms with E-state index in [1.54, 1.807) is 11.3 Å². The molecule has 1 aromatic carbocycles. The maximum atomic E-state index is 13.1. The zero-order valence-electron chi connectivity index (χ0n) is 17.6. The summed E-state index contributed by atoms with van der Waals surface area (Å²) in [5.74, 6) is 0.0270. The van der Waals surface area contributed by atoms with Crippen molar-refractivity contribution in [2.45, 2.75) is 20.0 Å². The number of fused-ring (bicyclic) bond motifs is 1. The van der Waals surface area contributed by atoms with E-state index < -0.39 is 0 Å². The molecule has 1 fully saturated rings. The maximum absolute atomic E-state index is 13.1. The maximum Gasteiger partial charge on any atom is 0.273 e. The third kappa shape index (κ3) is 3.98. The van der Waals surface area contributed by atoms with Gasteiger partial charge in [0.25, 0.3) is 5.91 Å². The Morgan fingerprint density at radius 1 is 1.06 bits per heavy atom. The molecular formula is C24H25N5OS. The lowest BCUT2D eigenvalue weighted by Crippen LogP contribution is -2.48. The molecule has 7 heteroatoms. The predicted octanol–water partition coefficient (Wildman–Crippen LogP) is 4.14. The highest BCUT2D eigenvalue weighted by Crippen LogP contribution is 2.30. The molecule has 4 aromatic rings. The van der Waals surface area contributed by atoms with Gasteiger partial charge in [-0.25, -0.2) is 4.98 Å². The van der Waals surface area contributed by atoms with Crippen molar-refractivity contribution >= 4 is 28.1 Å². The SMILES string of the molecule is CCn1c(-c2nc(C(=O)N3CCN(Cc4ccccn4)CC3)cs2)cc2ccccc21. The van der Waals surface area contributed by atoms with Crippen molar-refractivity contribution in [2.24, 2.45) is 0 Å². The molecule has 0 aliphatic carbocycles. The van der Waals surface area contributed by atoms with Gasteiger partial charge in [0.05, 0.1) is 11.4 Å². The molecule has 1 amide bonds. The molecule has 0 saturated carbocycles. The van der Waals surface area contributed by atoms with Crippen LogP contribution in [0.1, 0.15) is 23.1 Å². The highest BCUT2D eigenvalue weighted by molar-refractivity contribution is 7.13. The van der Waals surface area contributed by atoms with Gasteiger partial charge in [-0.15, -0.1) is 11.3 Å². The van der Waals surface area contributed by atoms with Gasteiger partial charge < -0.3 is 9.47 Å². The molecule has 0 spiro atoms. The van der Waals surface area contributed by atoms with E-state index >= 15 is 0 Å². The first-order valence-electron chi connectivity index (χ1n) is 10.7. The monoisotopic (exact) mass is 431 g/mol. The quantitative estimate of drug-likeness (QED) is 0.477. The van der Waals surface area contributed by atoms with E-state index in [2.05, 4.69) is 51.7 Å². The highest BCUT2D eigenvalue weighted by Gasteiger charge is 2.24. The molecule has 158 valence electrons. The van der Waals surface area contributed by atoms with Crippen LogP contribution in [-0.2, 0) is 13.1 Å². The molecular weight excluding hydrogens is 406 g/mol. The van der Waals surface area contributed by atoms with Crippen LogP contribution < -0.4 is 0 Å². The van der Waals surface area contributed by atoms with Gasteiger partial charge in [0.2, 0.25) is 0 Å². The lowest BCUT2D eigenvalue weighted by molar-refractivity contribution is 0.0622. The summed E-state index contributed by atoms with van der Waals surface area (Å²) in [6.45, 7) is 6.96. The van der Waals surface area contributed by atoms with Gasteiger partial charge in [-0.1, -0.05) is 24.3 Å². The number of hydrogen-bond acceptors (Lipinski definition) is 5. The van der Waals surface area contributed by atoms with Crippen molar-refractivity contribution in [1.29, 1.82) is 0 Å². The number of aromatic nitrogens is 3. The molecule has 31 heavy (non-hydrogen) atoms. The average Bonchev–Trinajstić information content (AvgIpc) is 3.44. The molecule has 0 atom stereocenters. The lowest BCUT2D eigenvalue weighted by Gasteiger charge is -2.34. The van der Waals surface area contributed by atoms with Crippen molar-refractivity contribution in [2.75, 3.05) is 26.2 Å². The molecule has 6 nitrogen and oxygen atoms in total. The molecule has 0 N–H and O–H groups in total. The number of nitrogens with zero attached hydrogens (tertiary/aromatic N) is 5. The van der Waals surface area contributed by atoms with E-state index in [1.807, 2.05) is 34.7 Å². The summed E-state index contributed by atoms with van der Waals surface area (Å²) >= 11 is 1.54. The third-order valence-electron chi connectivity index (χ3n) is 5.84. The minimum Gasteiger partial charge on any atom is -0.339 e. The van der Waals surface area contributed by atoms with Crippen molar-refractivity contribution in [3.8, 4) is 10.7 Å². The molecule has 1 saturated heterocycles. The Balaban J connectivity index is 1.28. The summed E-state index contributed by atoms with van der Waals surface area (Å²) in [6, 6.07) is 16.5. The van der Waals surface area contributed by atoms with Crippen LogP contribution in [0.5, 0.6) is 0 Å². The Kier molecular flexibility index (Phi) is 5.53. The first-order valence-corrected chi connectivity index (χ1v) is 11.6. The van der Waals surface area contributed by atoms with E-state index in [4.69, 9.17) is 4.98 Å². The van der Waals surface area contributed by atoms with E-state index in [0.717, 1.165) is 42.6 Å². The third-order valence-corrected chi connectivity index (χ3v) is 6.71. The topological polar surface area (TPSA) is 54.3 Å². The number of amides is 1. The fourth-order valence-electron chi connectivity index (χ4n) is 4.21. The molecule has 1 aliphatic heterocycles. The fourth-order valence-corrected chi connectivity index (χ4v) is 5.03. The van der Waals surface area contributed by atoms with Crippen LogP contribution in [-0.4, -0.2) is 56.4 Å².